The van der Waals surface area contributed by atoms with Crippen molar-refractivity contribution in [2.45, 2.75) is 43.9 Å². The van der Waals surface area contributed by atoms with Crippen LogP contribution in [0.2, 0.25) is 0 Å². The zero-order valence-corrected chi connectivity index (χ0v) is 15.8. The molecule has 1 aromatic rings. The number of carbonyl (C=O) groups is 2. The van der Waals surface area contributed by atoms with E-state index in [0.29, 0.717) is 18.4 Å². The van der Waals surface area contributed by atoms with Gasteiger partial charge in [0.2, 0.25) is 0 Å². The minimum atomic E-state index is -0.979. The normalized spacial score (nSPS) is 22.2. The van der Waals surface area contributed by atoms with E-state index in [0.717, 1.165) is 5.56 Å². The number of nitrogens with two attached hydrogens (primary N) is 1. The van der Waals surface area contributed by atoms with Crippen LogP contribution in [0.4, 0.5) is 0 Å². The summed E-state index contributed by atoms with van der Waals surface area (Å²) in [6, 6.07) is 5.65. The van der Waals surface area contributed by atoms with Crippen LogP contribution in [-0.2, 0) is 9.53 Å². The monoisotopic (exact) mass is 374 g/mol. The predicted molar refractivity (Wildman–Crippen MR) is 99.6 cm³/mol. The molecule has 1 aromatic carbocycles. The van der Waals surface area contributed by atoms with Gasteiger partial charge in [-0.3, -0.25) is 4.79 Å². The first kappa shape index (κ1) is 20.9. The second-order valence-electron chi connectivity index (χ2n) is 7.50. The third-order valence-electron chi connectivity index (χ3n) is 4.66. The second-order valence-corrected chi connectivity index (χ2v) is 7.50. The van der Waals surface area contributed by atoms with Gasteiger partial charge in [-0.2, -0.15) is 0 Å². The number of hydrogen-bond acceptors (Lipinski definition) is 6. The molecule has 1 fully saturated rings. The molecule has 7 heteroatoms. The molecule has 5 N–H and O–H groups in total. The molecule has 0 unspecified atom stereocenters. The second kappa shape index (κ2) is 8.09. The summed E-state index contributed by atoms with van der Waals surface area (Å²) in [4.78, 5) is 24.2. The largest absolute Gasteiger partial charge is 0.467 e. The SMILES string of the molecule is COC(=O)[C@@H](NC(=O)c1ccc(C#CC[C@@H]2C[C@]2(O)CO)cc1)C(C)(C)N. The van der Waals surface area contributed by atoms with Gasteiger partial charge in [-0.1, -0.05) is 11.8 Å². The molecule has 1 amide bonds. The number of aliphatic hydroxyl groups excluding tert-OH is 1. The molecular formula is C20H26N2O5. The lowest BCUT2D eigenvalue weighted by molar-refractivity contribution is -0.144. The number of methoxy groups -OCH3 is 1. The van der Waals surface area contributed by atoms with Gasteiger partial charge in [0.15, 0.2) is 0 Å². The number of amides is 1. The van der Waals surface area contributed by atoms with Crippen molar-refractivity contribution in [2.75, 3.05) is 13.7 Å². The average molecular weight is 374 g/mol. The van der Waals surface area contributed by atoms with Crippen LogP contribution in [0, 0.1) is 17.8 Å². The van der Waals surface area contributed by atoms with Gasteiger partial charge in [-0.25, -0.2) is 4.79 Å². The number of ether oxygens (including phenoxy) is 1. The Balaban J connectivity index is 1.98. The summed E-state index contributed by atoms with van der Waals surface area (Å²) >= 11 is 0. The lowest BCUT2D eigenvalue weighted by Crippen LogP contribution is -2.59. The van der Waals surface area contributed by atoms with Crippen LogP contribution in [-0.4, -0.2) is 53.0 Å². The molecular weight excluding hydrogens is 348 g/mol. The number of nitrogens with one attached hydrogen (secondary N) is 1. The first-order chi connectivity index (χ1) is 12.6. The van der Waals surface area contributed by atoms with Crippen molar-refractivity contribution < 1.29 is 24.5 Å². The van der Waals surface area contributed by atoms with Crippen molar-refractivity contribution in [1.82, 2.24) is 5.32 Å². The molecule has 3 atom stereocenters. The molecule has 0 saturated heterocycles. The highest BCUT2D eigenvalue weighted by Crippen LogP contribution is 2.44. The van der Waals surface area contributed by atoms with E-state index in [4.69, 9.17) is 15.6 Å². The van der Waals surface area contributed by atoms with E-state index >= 15 is 0 Å². The van der Waals surface area contributed by atoms with Crippen LogP contribution in [0.1, 0.15) is 42.6 Å². The molecule has 2 rings (SSSR count). The van der Waals surface area contributed by atoms with E-state index < -0.39 is 29.1 Å². The summed E-state index contributed by atoms with van der Waals surface area (Å²) in [6.07, 6.45) is 1.07. The minimum Gasteiger partial charge on any atom is -0.467 e. The Labute approximate surface area is 158 Å². The molecule has 1 saturated carbocycles. The highest BCUT2D eigenvalue weighted by molar-refractivity contribution is 5.97. The van der Waals surface area contributed by atoms with Crippen molar-refractivity contribution >= 4 is 11.9 Å². The summed E-state index contributed by atoms with van der Waals surface area (Å²) in [7, 11) is 1.24. The van der Waals surface area contributed by atoms with Crippen LogP contribution in [0.25, 0.3) is 0 Å². The van der Waals surface area contributed by atoms with Gasteiger partial charge in [0.25, 0.3) is 5.91 Å². The van der Waals surface area contributed by atoms with Gasteiger partial charge in [-0.05, 0) is 44.5 Å². The summed E-state index contributed by atoms with van der Waals surface area (Å²) in [5.41, 5.74) is 5.10. The fraction of sp³-hybridized carbons (Fsp3) is 0.500. The van der Waals surface area contributed by atoms with E-state index in [9.17, 15) is 14.7 Å². The first-order valence-corrected chi connectivity index (χ1v) is 8.70. The maximum absolute atomic E-state index is 12.4. The quantitative estimate of drug-likeness (QED) is 0.416. The lowest BCUT2D eigenvalue weighted by atomic mass is 9.95. The number of hydrogen-bond donors (Lipinski definition) is 4. The maximum Gasteiger partial charge on any atom is 0.330 e. The molecule has 0 aromatic heterocycles. The number of benzene rings is 1. The van der Waals surface area contributed by atoms with Gasteiger partial charge in [0, 0.05) is 29.0 Å². The maximum atomic E-state index is 12.4. The standard InChI is InChI=1S/C20H26N2O5/c1-19(2,21)16(18(25)27-3)22-17(24)14-9-7-13(8-10-14)5-4-6-15-11-20(15,26)12-23/h7-10,15-16,23,26H,6,11-12,21H2,1-3H3,(H,22,24)/t15-,16-,20+/m1/s1. The van der Waals surface area contributed by atoms with E-state index in [1.54, 1.807) is 38.1 Å². The zero-order valence-electron chi connectivity index (χ0n) is 15.8. The van der Waals surface area contributed by atoms with Gasteiger partial charge < -0.3 is 26.0 Å². The topological polar surface area (TPSA) is 122 Å². The Morgan fingerprint density at radius 3 is 2.52 bits per heavy atom. The fourth-order valence-electron chi connectivity index (χ4n) is 2.69. The Morgan fingerprint density at radius 1 is 1.41 bits per heavy atom. The molecule has 1 aliphatic carbocycles. The molecule has 0 radical (unpaired) electrons. The Hall–Kier alpha value is -2.40. The Morgan fingerprint density at radius 2 is 2.04 bits per heavy atom. The van der Waals surface area contributed by atoms with Crippen LogP contribution >= 0.6 is 0 Å². The first-order valence-electron chi connectivity index (χ1n) is 8.70. The summed E-state index contributed by atoms with van der Waals surface area (Å²) in [5.74, 6) is 4.91. The van der Waals surface area contributed by atoms with E-state index in [2.05, 4.69) is 17.2 Å². The molecule has 27 heavy (non-hydrogen) atoms. The van der Waals surface area contributed by atoms with E-state index in [1.807, 2.05) is 0 Å². The van der Waals surface area contributed by atoms with E-state index in [1.165, 1.54) is 7.11 Å². The highest BCUT2D eigenvalue weighted by atomic mass is 16.5. The van der Waals surface area contributed by atoms with Gasteiger partial charge >= 0.3 is 5.97 Å². The molecule has 0 heterocycles. The Bertz CT molecular complexity index is 757. The third kappa shape index (κ3) is 5.30. The molecule has 0 aliphatic heterocycles. The van der Waals surface area contributed by atoms with Crippen molar-refractivity contribution in [3.8, 4) is 11.8 Å². The fourth-order valence-corrected chi connectivity index (χ4v) is 2.69. The summed E-state index contributed by atoms with van der Waals surface area (Å²) < 4.78 is 4.70. The van der Waals surface area contributed by atoms with Crippen molar-refractivity contribution in [1.29, 1.82) is 0 Å². The van der Waals surface area contributed by atoms with Crippen molar-refractivity contribution in [3.63, 3.8) is 0 Å². The molecule has 7 nitrogen and oxygen atoms in total. The average Bonchev–Trinajstić information content (AvgIpc) is 3.29. The van der Waals surface area contributed by atoms with Gasteiger partial charge in [0.1, 0.15) is 6.04 Å². The summed E-state index contributed by atoms with van der Waals surface area (Å²) in [5, 5.41) is 21.4. The molecule has 0 spiro atoms. The third-order valence-corrected chi connectivity index (χ3v) is 4.66. The van der Waals surface area contributed by atoms with Crippen LogP contribution in [0.3, 0.4) is 0 Å². The molecule has 1 aliphatic rings. The zero-order chi connectivity index (χ0) is 20.2. The predicted octanol–water partition coefficient (Wildman–Crippen LogP) is 0.180. The van der Waals surface area contributed by atoms with E-state index in [-0.39, 0.29) is 12.5 Å². The van der Waals surface area contributed by atoms with Crippen LogP contribution in [0.15, 0.2) is 24.3 Å². The number of rotatable bonds is 6. The number of aliphatic hydroxyl groups is 2. The van der Waals surface area contributed by atoms with Gasteiger partial charge in [0.05, 0.1) is 19.3 Å². The number of esters is 1. The van der Waals surface area contributed by atoms with Gasteiger partial charge in [-0.15, -0.1) is 0 Å². The van der Waals surface area contributed by atoms with Crippen LogP contribution in [0.5, 0.6) is 0 Å². The molecule has 0 bridgehead atoms. The van der Waals surface area contributed by atoms with Crippen molar-refractivity contribution in [3.05, 3.63) is 35.4 Å². The van der Waals surface area contributed by atoms with Crippen LogP contribution < -0.4 is 11.1 Å². The Kier molecular flexibility index (Phi) is 6.26. The minimum absolute atomic E-state index is 0.00919. The number of carbonyl (C=O) groups excluding carboxylic acids is 2. The molecule has 146 valence electrons. The van der Waals surface area contributed by atoms with Crippen molar-refractivity contribution in [2.24, 2.45) is 11.7 Å². The highest BCUT2D eigenvalue weighted by Gasteiger charge is 2.51. The lowest BCUT2D eigenvalue weighted by Gasteiger charge is -2.28. The summed E-state index contributed by atoms with van der Waals surface area (Å²) in [6.45, 7) is 3.02. The smallest absolute Gasteiger partial charge is 0.330 e.